The van der Waals surface area contributed by atoms with Crippen LogP contribution in [0.4, 0.5) is 0 Å². The summed E-state index contributed by atoms with van der Waals surface area (Å²) in [6, 6.07) is 0. The third kappa shape index (κ3) is 73.0. The zero-order chi connectivity index (χ0) is 4.50. The molecule has 0 aliphatic rings. The molecule has 0 amide bonds. The second-order valence-corrected chi connectivity index (χ2v) is 1.63. The van der Waals surface area contributed by atoms with Gasteiger partial charge >= 0.3 is 28.7 Å². The van der Waals surface area contributed by atoms with Gasteiger partial charge in [0.2, 0.25) is 0 Å². The van der Waals surface area contributed by atoms with E-state index in [0.29, 0.717) is 0 Å². The first-order valence-electron chi connectivity index (χ1n) is 0.632. The molecule has 0 heterocycles. The van der Waals surface area contributed by atoms with Crippen molar-refractivity contribution in [1.29, 1.82) is 0 Å². The van der Waals surface area contributed by atoms with Crippen LogP contribution < -0.4 is 0 Å². The van der Waals surface area contributed by atoms with Crippen molar-refractivity contribution in [2.24, 2.45) is 0 Å². The summed E-state index contributed by atoms with van der Waals surface area (Å²) in [6.45, 7) is 0. The predicted molar refractivity (Wildman–Crippen MR) is 4.28 cm³/mol. The van der Waals surface area contributed by atoms with Gasteiger partial charge in [-0.05, 0) is 0 Å². The molecule has 0 saturated carbocycles. The Morgan fingerprint density at radius 2 is 1.17 bits per heavy atom. The van der Waals surface area contributed by atoms with Crippen LogP contribution in [-0.4, -0.2) is 4.19 Å². The van der Waals surface area contributed by atoms with Crippen molar-refractivity contribution in [3.05, 3.63) is 0 Å². The molecule has 0 aliphatic heterocycles. The first kappa shape index (κ1) is 10.1. The van der Waals surface area contributed by atoms with Gasteiger partial charge in [-0.25, -0.2) is 0 Å². The van der Waals surface area contributed by atoms with E-state index in [2.05, 4.69) is 0 Å². The van der Waals surface area contributed by atoms with Crippen molar-refractivity contribution in [3.63, 3.8) is 0 Å². The maximum absolute atomic E-state index is 8.69. The molecule has 0 unspecified atom stereocenters. The first-order chi connectivity index (χ1) is 2.00. The maximum atomic E-state index is 8.69. The summed E-state index contributed by atoms with van der Waals surface area (Å²) in [7, 11) is 0. The van der Waals surface area contributed by atoms with Crippen molar-refractivity contribution in [1.82, 2.24) is 0 Å². The van der Waals surface area contributed by atoms with Crippen LogP contribution in [0.15, 0.2) is 0 Å². The second-order valence-electron chi connectivity index (χ2n) is 0.396. The van der Waals surface area contributed by atoms with Crippen molar-refractivity contribution in [2.45, 2.75) is 0 Å². The Hall–Kier alpha value is 1.07. The summed E-state index contributed by atoms with van der Waals surface area (Å²) in [6.07, 6.45) is 0. The molecule has 0 rings (SSSR count). The summed E-state index contributed by atoms with van der Waals surface area (Å²) in [4.78, 5) is 0. The summed E-state index contributed by atoms with van der Waals surface area (Å²) in [5.41, 5.74) is 0. The third-order valence-corrected chi connectivity index (χ3v) is 0. The molecule has 1 N–H and O–H groups in total. The molecular formula is HLaMnO4. The molecule has 1 radical (unpaired) electrons. The fourth-order valence-corrected chi connectivity index (χ4v) is 0. The minimum absolute atomic E-state index is 0. The Balaban J connectivity index is 0. The van der Waals surface area contributed by atoms with Gasteiger partial charge in [0.25, 0.3) is 0 Å². The average Bonchev–Trinajstić information content (AvgIpc) is 0.722. The van der Waals surface area contributed by atoms with Crippen molar-refractivity contribution >= 4 is 0 Å². The Bertz CT molecular complexity index is 129. The Labute approximate surface area is 63.7 Å². The molecule has 0 aromatic heterocycles. The van der Waals surface area contributed by atoms with E-state index >= 15 is 0 Å². The molecule has 0 aromatic carbocycles. The Morgan fingerprint density at radius 3 is 1.17 bits per heavy atom. The topological polar surface area (TPSA) is 71.4 Å². The minimum atomic E-state index is -5.38. The van der Waals surface area contributed by atoms with Crippen LogP contribution in [0.3, 0.4) is 0 Å². The van der Waals surface area contributed by atoms with Gasteiger partial charge in [-0.2, -0.15) is 0 Å². The monoisotopic (exact) mass is 259 g/mol. The molecular weight excluding hydrogens is 258 g/mol. The van der Waals surface area contributed by atoms with Crippen molar-refractivity contribution < 1.29 is 64.3 Å². The third-order valence-electron chi connectivity index (χ3n) is 0. The van der Waals surface area contributed by atoms with Crippen molar-refractivity contribution in [3.8, 4) is 0 Å². The quantitative estimate of drug-likeness (QED) is 0.571. The molecule has 6 heteroatoms. The molecule has 0 aliphatic carbocycles. The number of rotatable bonds is 0. The molecule has 0 atom stereocenters. The number of hydrogen-bond donors (Lipinski definition) is 1. The van der Waals surface area contributed by atoms with Crippen molar-refractivity contribution in [2.75, 3.05) is 0 Å². The van der Waals surface area contributed by atoms with E-state index in [4.69, 9.17) is 15.7 Å². The van der Waals surface area contributed by atoms with Gasteiger partial charge in [-0.1, -0.05) is 0 Å². The van der Waals surface area contributed by atoms with Gasteiger partial charge < -0.3 is 0 Å². The van der Waals surface area contributed by atoms with Crippen LogP contribution in [0.1, 0.15) is 0 Å². The van der Waals surface area contributed by atoms with E-state index in [0.717, 1.165) is 0 Å². The average molecular weight is 259 g/mol. The molecule has 0 bridgehead atoms. The Kier molecular flexibility index (Phi) is 5.28. The first-order valence-corrected chi connectivity index (χ1v) is 2.61. The van der Waals surface area contributed by atoms with E-state index in [-0.39, 0.29) is 35.6 Å². The predicted octanol–water partition coefficient (Wildman–Crippen LogP) is -0.916. The van der Waals surface area contributed by atoms with Crippen LogP contribution in [0.5, 0.6) is 0 Å². The van der Waals surface area contributed by atoms with Gasteiger partial charge in [0.15, 0.2) is 0 Å². The van der Waals surface area contributed by atoms with E-state index in [1.165, 1.54) is 0 Å². The normalized spacial score (nSPS) is 9.50. The number of hydrogen-bond acceptors (Lipinski definition) is 3. The zero-order valence-electron chi connectivity index (χ0n) is 2.63. The zero-order valence-corrected chi connectivity index (χ0v) is 7.43. The van der Waals surface area contributed by atoms with Crippen LogP contribution in [0.2, 0.25) is 0 Å². The summed E-state index contributed by atoms with van der Waals surface area (Å²) >= 11 is -5.38. The summed E-state index contributed by atoms with van der Waals surface area (Å²) < 4.78 is 33.1. The summed E-state index contributed by atoms with van der Waals surface area (Å²) in [5, 5.41) is 0. The molecule has 4 nitrogen and oxygen atoms in total. The van der Waals surface area contributed by atoms with Crippen LogP contribution in [-0.2, 0) is 24.5 Å². The van der Waals surface area contributed by atoms with Gasteiger partial charge in [0.1, 0.15) is 0 Å². The fraction of sp³-hybridized carbons (Fsp3) is 0. The molecule has 35 valence electrons. The van der Waals surface area contributed by atoms with E-state index < -0.39 is 13.0 Å². The SMILES string of the molecule is [La].[O]=[Mn](=[O])(=[O])[OH]. The van der Waals surface area contributed by atoms with Gasteiger partial charge in [0, 0.05) is 35.6 Å². The van der Waals surface area contributed by atoms with Crippen LogP contribution in [0.25, 0.3) is 0 Å². The molecule has 0 saturated heterocycles. The molecule has 0 aromatic rings. The second kappa shape index (κ2) is 3.13. The van der Waals surface area contributed by atoms with E-state index in [9.17, 15) is 0 Å². The molecule has 6 heavy (non-hydrogen) atoms. The van der Waals surface area contributed by atoms with Crippen LogP contribution >= 0.6 is 0 Å². The fourth-order valence-electron chi connectivity index (χ4n) is 0. The van der Waals surface area contributed by atoms with Gasteiger partial charge in [0.05, 0.1) is 0 Å². The molecule has 0 spiro atoms. The summed E-state index contributed by atoms with van der Waals surface area (Å²) in [5.74, 6) is 0. The van der Waals surface area contributed by atoms with E-state index in [1.807, 2.05) is 0 Å². The van der Waals surface area contributed by atoms with Crippen LogP contribution in [0, 0.1) is 35.6 Å². The standard InChI is InChI=1S/La.Mn.H2O.3O/h;;1H2;;;/q;+1;;;;/p-1. The Morgan fingerprint density at radius 1 is 1.17 bits per heavy atom. The van der Waals surface area contributed by atoms with Gasteiger partial charge in [-0.3, -0.25) is 0 Å². The molecule has 0 fully saturated rings. The van der Waals surface area contributed by atoms with Gasteiger partial charge in [-0.15, -0.1) is 0 Å². The van der Waals surface area contributed by atoms with E-state index in [1.54, 1.807) is 0 Å².